The van der Waals surface area contributed by atoms with Gasteiger partial charge in [0.25, 0.3) is 0 Å². The first kappa shape index (κ1) is 19.0. The van der Waals surface area contributed by atoms with Crippen molar-refractivity contribution in [1.29, 1.82) is 0 Å². The number of unbranched alkanes of at least 4 members (excludes halogenated alkanes) is 5. The van der Waals surface area contributed by atoms with Crippen LogP contribution >= 0.6 is 25.3 Å². The van der Waals surface area contributed by atoms with Crippen molar-refractivity contribution in [3.63, 3.8) is 0 Å². The Bertz CT molecular complexity index is 225. The zero-order valence-corrected chi connectivity index (χ0v) is 14.2. The molecular weight excluding hydrogens is 276 g/mol. The van der Waals surface area contributed by atoms with E-state index < -0.39 is 0 Å². The monoisotopic (exact) mass is 306 g/mol. The Kier molecular flexibility index (Phi) is 11.7. The summed E-state index contributed by atoms with van der Waals surface area (Å²) in [7, 11) is 0. The minimum Gasteiger partial charge on any atom is -0.338 e. The lowest BCUT2D eigenvalue weighted by Gasteiger charge is -2.30. The normalized spacial score (nSPS) is 11.4. The minimum atomic E-state index is -0.294. The zero-order chi connectivity index (χ0) is 14.6. The Morgan fingerprint density at radius 1 is 1.00 bits per heavy atom. The Morgan fingerprint density at radius 3 is 2.11 bits per heavy atom. The van der Waals surface area contributed by atoms with Crippen LogP contribution in [0.25, 0.3) is 0 Å². The molecule has 0 aromatic heterocycles. The second-order valence-electron chi connectivity index (χ2n) is 5.10. The van der Waals surface area contributed by atoms with Gasteiger partial charge in [-0.05, 0) is 12.8 Å². The van der Waals surface area contributed by atoms with E-state index in [2.05, 4.69) is 42.8 Å². The number of amides is 2. The lowest BCUT2D eigenvalue weighted by molar-refractivity contribution is 0.230. The number of carbonyl (C=O) groups excluding carboxylic acids is 1. The van der Waals surface area contributed by atoms with Crippen LogP contribution in [0.3, 0.4) is 0 Å². The van der Waals surface area contributed by atoms with E-state index >= 15 is 0 Å². The van der Waals surface area contributed by atoms with Gasteiger partial charge in [0.05, 0.1) is 5.54 Å². The topological polar surface area (TPSA) is 41.1 Å². The van der Waals surface area contributed by atoms with E-state index in [4.69, 9.17) is 0 Å². The summed E-state index contributed by atoms with van der Waals surface area (Å²) >= 11 is 8.60. The number of carbonyl (C=O) groups is 1. The van der Waals surface area contributed by atoms with E-state index in [9.17, 15) is 4.79 Å². The van der Waals surface area contributed by atoms with Crippen molar-refractivity contribution in [3.05, 3.63) is 0 Å². The molecule has 114 valence electrons. The second-order valence-corrected chi connectivity index (χ2v) is 5.73. The molecule has 0 heterocycles. The number of nitrogens with one attached hydrogen (secondary N) is 2. The molecule has 0 fully saturated rings. The van der Waals surface area contributed by atoms with Gasteiger partial charge in [0, 0.05) is 18.1 Å². The highest BCUT2D eigenvalue weighted by molar-refractivity contribution is 7.81. The molecule has 0 aliphatic rings. The van der Waals surface area contributed by atoms with E-state index in [0.29, 0.717) is 11.5 Å². The molecule has 0 saturated carbocycles. The van der Waals surface area contributed by atoms with Crippen molar-refractivity contribution in [2.45, 2.75) is 64.3 Å². The third kappa shape index (κ3) is 8.69. The molecule has 0 atom stereocenters. The van der Waals surface area contributed by atoms with Crippen molar-refractivity contribution in [3.8, 4) is 0 Å². The Morgan fingerprint density at radius 2 is 1.58 bits per heavy atom. The molecule has 0 saturated heterocycles. The van der Waals surface area contributed by atoms with E-state index in [0.717, 1.165) is 19.4 Å². The standard InChI is InChI=1S/C14H30N2OS2/c1-3-5-6-7-8-9-10-15-13(17)16-14(4-2,11-18)12-19/h18-19H,3-12H2,1-2H3,(H2,15,16,17). The summed E-state index contributed by atoms with van der Waals surface area (Å²) in [4.78, 5) is 11.8. The van der Waals surface area contributed by atoms with Crippen molar-refractivity contribution in [2.24, 2.45) is 0 Å². The Labute approximate surface area is 129 Å². The Balaban J connectivity index is 3.69. The fourth-order valence-corrected chi connectivity index (χ4v) is 2.84. The van der Waals surface area contributed by atoms with Crippen molar-refractivity contribution < 1.29 is 4.79 Å². The van der Waals surface area contributed by atoms with Gasteiger partial charge < -0.3 is 10.6 Å². The molecule has 19 heavy (non-hydrogen) atoms. The van der Waals surface area contributed by atoms with Crippen molar-refractivity contribution in [2.75, 3.05) is 18.1 Å². The first-order valence-electron chi connectivity index (χ1n) is 7.42. The highest BCUT2D eigenvalue weighted by Gasteiger charge is 2.26. The fourth-order valence-electron chi connectivity index (χ4n) is 1.83. The molecular formula is C14H30N2OS2. The lowest BCUT2D eigenvalue weighted by Crippen LogP contribution is -2.54. The number of hydrogen-bond acceptors (Lipinski definition) is 3. The van der Waals surface area contributed by atoms with Gasteiger partial charge in [0.1, 0.15) is 0 Å². The van der Waals surface area contributed by atoms with Gasteiger partial charge in [-0.1, -0.05) is 46.0 Å². The summed E-state index contributed by atoms with van der Waals surface area (Å²) in [6, 6.07) is -0.0986. The van der Waals surface area contributed by atoms with Gasteiger partial charge in [0.15, 0.2) is 0 Å². The molecule has 0 aliphatic carbocycles. The van der Waals surface area contributed by atoms with Crippen LogP contribution in [-0.4, -0.2) is 29.6 Å². The molecule has 5 heteroatoms. The molecule has 2 amide bonds. The molecule has 3 nitrogen and oxygen atoms in total. The molecule has 0 unspecified atom stereocenters. The highest BCUT2D eigenvalue weighted by atomic mass is 32.1. The maximum absolute atomic E-state index is 11.8. The lowest BCUT2D eigenvalue weighted by atomic mass is 10.0. The molecule has 0 radical (unpaired) electrons. The van der Waals surface area contributed by atoms with Crippen LogP contribution in [0.5, 0.6) is 0 Å². The van der Waals surface area contributed by atoms with E-state index in [1.807, 2.05) is 6.92 Å². The largest absolute Gasteiger partial charge is 0.338 e. The third-order valence-electron chi connectivity index (χ3n) is 3.48. The number of hydrogen-bond donors (Lipinski definition) is 4. The maximum atomic E-state index is 11.8. The van der Waals surface area contributed by atoms with Gasteiger partial charge in [0.2, 0.25) is 0 Å². The molecule has 0 aromatic carbocycles. The van der Waals surface area contributed by atoms with Crippen LogP contribution in [0.1, 0.15) is 58.8 Å². The smallest absolute Gasteiger partial charge is 0.315 e. The van der Waals surface area contributed by atoms with Crippen LogP contribution in [0.4, 0.5) is 4.79 Å². The number of rotatable bonds is 11. The van der Waals surface area contributed by atoms with E-state index in [1.54, 1.807) is 0 Å². The SMILES string of the molecule is CCCCCCCCNC(=O)NC(CC)(CS)CS. The van der Waals surface area contributed by atoms with Crippen molar-refractivity contribution in [1.82, 2.24) is 10.6 Å². The third-order valence-corrected chi connectivity index (χ3v) is 4.69. The van der Waals surface area contributed by atoms with Gasteiger partial charge in [-0.25, -0.2) is 4.79 Å². The van der Waals surface area contributed by atoms with Crippen LogP contribution in [0.2, 0.25) is 0 Å². The summed E-state index contributed by atoms with van der Waals surface area (Å²) < 4.78 is 0. The van der Waals surface area contributed by atoms with Crippen LogP contribution in [0, 0.1) is 0 Å². The van der Waals surface area contributed by atoms with E-state index in [1.165, 1.54) is 32.1 Å². The zero-order valence-electron chi connectivity index (χ0n) is 12.4. The quantitative estimate of drug-likeness (QED) is 0.341. The summed E-state index contributed by atoms with van der Waals surface area (Å²) in [6.45, 7) is 5.01. The molecule has 0 bridgehead atoms. The first-order valence-corrected chi connectivity index (χ1v) is 8.68. The van der Waals surface area contributed by atoms with E-state index in [-0.39, 0.29) is 11.6 Å². The average Bonchev–Trinajstić information content (AvgIpc) is 2.44. The second kappa shape index (κ2) is 11.8. The summed E-state index contributed by atoms with van der Waals surface area (Å²) in [5.41, 5.74) is -0.294. The molecule has 0 spiro atoms. The summed E-state index contributed by atoms with van der Waals surface area (Å²) in [6.07, 6.45) is 8.25. The van der Waals surface area contributed by atoms with Gasteiger partial charge in [-0.3, -0.25) is 0 Å². The van der Waals surface area contributed by atoms with Crippen LogP contribution < -0.4 is 10.6 Å². The van der Waals surface area contributed by atoms with Crippen LogP contribution in [-0.2, 0) is 0 Å². The fraction of sp³-hybridized carbons (Fsp3) is 0.929. The minimum absolute atomic E-state index is 0.0986. The molecule has 0 aliphatic heterocycles. The number of urea groups is 1. The van der Waals surface area contributed by atoms with Crippen molar-refractivity contribution >= 4 is 31.3 Å². The van der Waals surface area contributed by atoms with Crippen LogP contribution in [0.15, 0.2) is 0 Å². The molecule has 0 aromatic rings. The highest BCUT2D eigenvalue weighted by Crippen LogP contribution is 2.14. The van der Waals surface area contributed by atoms with Gasteiger partial charge in [-0.2, -0.15) is 25.3 Å². The Hall–Kier alpha value is -0.0300. The molecule has 2 N–H and O–H groups in total. The number of thiol groups is 2. The summed E-state index contributed by atoms with van der Waals surface area (Å²) in [5.74, 6) is 1.22. The average molecular weight is 307 g/mol. The molecule has 0 rings (SSSR count). The van der Waals surface area contributed by atoms with Gasteiger partial charge in [-0.15, -0.1) is 0 Å². The maximum Gasteiger partial charge on any atom is 0.315 e. The first-order chi connectivity index (χ1) is 9.14. The van der Waals surface area contributed by atoms with Gasteiger partial charge >= 0.3 is 6.03 Å². The predicted octanol–water partition coefficient (Wildman–Crippen LogP) is 3.65. The predicted molar refractivity (Wildman–Crippen MR) is 90.6 cm³/mol. The summed E-state index contributed by atoms with van der Waals surface area (Å²) in [5, 5.41) is 5.90.